The van der Waals surface area contributed by atoms with Gasteiger partial charge in [0.1, 0.15) is 17.1 Å². The molecule has 7 heteroatoms. The van der Waals surface area contributed by atoms with Gasteiger partial charge in [0.15, 0.2) is 5.69 Å². The summed E-state index contributed by atoms with van der Waals surface area (Å²) in [5.74, 6) is -1.51. The smallest absolute Gasteiger partial charge is 0.341 e. The summed E-state index contributed by atoms with van der Waals surface area (Å²) in [5, 5.41) is 15.0. The van der Waals surface area contributed by atoms with Crippen molar-refractivity contribution in [2.24, 2.45) is 0 Å². The van der Waals surface area contributed by atoms with Crippen molar-refractivity contribution >= 4 is 17.7 Å². The number of nitrogens with one attached hydrogen (secondary N) is 1. The highest BCUT2D eigenvalue weighted by atomic mass is 16.5. The maximum atomic E-state index is 12.0. The first-order valence-electron chi connectivity index (χ1n) is 5.84. The standard InChI is InChI=1S/C13H13N3O4/c1-6-4-7(2)14-9(5-6)15-12(17)11-10(13(18)19)8(3)20-16-11/h4-5H,1-3H3,(H,18,19)(H,14,15,17). The number of carboxylic acid groups (broad SMARTS) is 1. The molecule has 0 saturated carbocycles. The molecule has 0 unspecified atom stereocenters. The maximum Gasteiger partial charge on any atom is 0.341 e. The molecule has 0 bridgehead atoms. The van der Waals surface area contributed by atoms with E-state index in [9.17, 15) is 9.59 Å². The molecular formula is C13H13N3O4. The topological polar surface area (TPSA) is 105 Å². The second-order valence-corrected chi connectivity index (χ2v) is 4.39. The molecule has 0 aliphatic carbocycles. The van der Waals surface area contributed by atoms with Crippen LogP contribution in [0.15, 0.2) is 16.7 Å². The molecule has 104 valence electrons. The summed E-state index contributed by atoms with van der Waals surface area (Å²) in [7, 11) is 0. The van der Waals surface area contributed by atoms with Gasteiger partial charge in [0.05, 0.1) is 0 Å². The Labute approximate surface area is 114 Å². The monoisotopic (exact) mass is 275 g/mol. The van der Waals surface area contributed by atoms with Crippen molar-refractivity contribution < 1.29 is 19.2 Å². The van der Waals surface area contributed by atoms with E-state index in [1.165, 1.54) is 6.92 Å². The fourth-order valence-electron chi connectivity index (χ4n) is 1.86. The second kappa shape index (κ2) is 5.12. The van der Waals surface area contributed by atoms with Gasteiger partial charge in [0.25, 0.3) is 5.91 Å². The lowest BCUT2D eigenvalue weighted by Gasteiger charge is -2.05. The quantitative estimate of drug-likeness (QED) is 0.886. The third-order valence-corrected chi connectivity index (χ3v) is 2.63. The van der Waals surface area contributed by atoms with Gasteiger partial charge in [-0.15, -0.1) is 0 Å². The van der Waals surface area contributed by atoms with Gasteiger partial charge in [0.2, 0.25) is 0 Å². The first kappa shape index (κ1) is 13.7. The number of anilines is 1. The maximum absolute atomic E-state index is 12.0. The minimum absolute atomic E-state index is 0.0797. The van der Waals surface area contributed by atoms with Gasteiger partial charge >= 0.3 is 5.97 Å². The summed E-state index contributed by atoms with van der Waals surface area (Å²) in [6.07, 6.45) is 0. The third kappa shape index (κ3) is 2.66. The number of aryl methyl sites for hydroxylation is 3. The molecule has 2 aromatic heterocycles. The summed E-state index contributed by atoms with van der Waals surface area (Å²) in [5.41, 5.74) is 1.17. The Kier molecular flexibility index (Phi) is 3.51. The van der Waals surface area contributed by atoms with E-state index in [1.54, 1.807) is 13.0 Å². The molecule has 2 rings (SSSR count). The molecule has 2 aromatic rings. The fraction of sp³-hybridized carbons (Fsp3) is 0.231. The average Bonchev–Trinajstić information content (AvgIpc) is 2.69. The number of amides is 1. The van der Waals surface area contributed by atoms with Crippen molar-refractivity contribution in [1.29, 1.82) is 0 Å². The summed E-state index contributed by atoms with van der Waals surface area (Å²) in [6.45, 7) is 5.10. The third-order valence-electron chi connectivity index (χ3n) is 2.63. The van der Waals surface area contributed by atoms with Crippen LogP contribution in [-0.2, 0) is 0 Å². The van der Waals surface area contributed by atoms with Crippen molar-refractivity contribution in [2.75, 3.05) is 5.32 Å². The molecule has 0 spiro atoms. The van der Waals surface area contributed by atoms with E-state index in [2.05, 4.69) is 15.5 Å². The van der Waals surface area contributed by atoms with E-state index >= 15 is 0 Å². The predicted octanol–water partition coefficient (Wildman–Crippen LogP) is 1.95. The van der Waals surface area contributed by atoms with Gasteiger partial charge in [0, 0.05) is 5.69 Å². The van der Waals surface area contributed by atoms with Crippen molar-refractivity contribution in [3.63, 3.8) is 0 Å². The highest BCUT2D eigenvalue weighted by molar-refractivity contribution is 6.09. The van der Waals surface area contributed by atoms with Crippen molar-refractivity contribution in [3.05, 3.63) is 40.4 Å². The van der Waals surface area contributed by atoms with E-state index in [1.807, 2.05) is 13.0 Å². The van der Waals surface area contributed by atoms with Crippen molar-refractivity contribution in [1.82, 2.24) is 10.1 Å². The highest BCUT2D eigenvalue weighted by Crippen LogP contribution is 2.16. The second-order valence-electron chi connectivity index (χ2n) is 4.39. The molecule has 2 heterocycles. The summed E-state index contributed by atoms with van der Waals surface area (Å²) < 4.78 is 4.75. The Morgan fingerprint density at radius 2 is 1.95 bits per heavy atom. The number of hydrogen-bond donors (Lipinski definition) is 2. The molecule has 0 radical (unpaired) electrons. The van der Waals surface area contributed by atoms with Crippen LogP contribution < -0.4 is 5.32 Å². The van der Waals surface area contributed by atoms with Gasteiger partial charge < -0.3 is 14.9 Å². The van der Waals surface area contributed by atoms with E-state index in [4.69, 9.17) is 9.63 Å². The lowest BCUT2D eigenvalue weighted by molar-refractivity contribution is 0.0691. The number of rotatable bonds is 3. The van der Waals surface area contributed by atoms with Gasteiger partial charge in [-0.05, 0) is 38.5 Å². The molecule has 7 nitrogen and oxygen atoms in total. The normalized spacial score (nSPS) is 10.3. The first-order chi connectivity index (χ1) is 9.38. The number of carbonyl (C=O) groups excluding carboxylic acids is 1. The number of carboxylic acids is 1. The Morgan fingerprint density at radius 3 is 2.55 bits per heavy atom. The number of hydrogen-bond acceptors (Lipinski definition) is 5. The summed E-state index contributed by atoms with van der Waals surface area (Å²) in [4.78, 5) is 27.3. The first-order valence-corrected chi connectivity index (χ1v) is 5.84. The van der Waals surface area contributed by atoms with Crippen molar-refractivity contribution in [2.45, 2.75) is 20.8 Å². The minimum atomic E-state index is -1.26. The van der Waals surface area contributed by atoms with E-state index in [0.29, 0.717) is 5.82 Å². The minimum Gasteiger partial charge on any atom is -0.477 e. The van der Waals surface area contributed by atoms with E-state index < -0.39 is 11.9 Å². The fourth-order valence-corrected chi connectivity index (χ4v) is 1.86. The molecule has 0 fully saturated rings. The van der Waals surface area contributed by atoms with Crippen LogP contribution in [0.4, 0.5) is 5.82 Å². The van der Waals surface area contributed by atoms with Gasteiger partial charge in [-0.25, -0.2) is 9.78 Å². The highest BCUT2D eigenvalue weighted by Gasteiger charge is 2.25. The predicted molar refractivity (Wildman–Crippen MR) is 69.9 cm³/mol. The van der Waals surface area contributed by atoms with Gasteiger partial charge in [-0.1, -0.05) is 5.16 Å². The SMILES string of the molecule is Cc1cc(C)nc(NC(=O)c2noc(C)c2C(=O)O)c1. The molecule has 0 atom stereocenters. The molecule has 2 N–H and O–H groups in total. The molecule has 0 saturated heterocycles. The van der Waals surface area contributed by atoms with Crippen LogP contribution in [0, 0.1) is 20.8 Å². The van der Waals surface area contributed by atoms with E-state index in [0.717, 1.165) is 11.3 Å². The Hall–Kier alpha value is -2.70. The zero-order valence-corrected chi connectivity index (χ0v) is 11.2. The lowest BCUT2D eigenvalue weighted by atomic mass is 10.2. The Morgan fingerprint density at radius 1 is 1.25 bits per heavy atom. The average molecular weight is 275 g/mol. The molecule has 1 amide bonds. The van der Waals surface area contributed by atoms with Crippen LogP contribution in [0.25, 0.3) is 0 Å². The van der Waals surface area contributed by atoms with Gasteiger partial charge in [-0.2, -0.15) is 0 Å². The van der Waals surface area contributed by atoms with Crippen LogP contribution >= 0.6 is 0 Å². The number of aromatic nitrogens is 2. The van der Waals surface area contributed by atoms with Crippen LogP contribution in [0.1, 0.15) is 37.9 Å². The number of pyridine rings is 1. The van der Waals surface area contributed by atoms with Crippen LogP contribution in [0.3, 0.4) is 0 Å². The van der Waals surface area contributed by atoms with Crippen LogP contribution in [0.2, 0.25) is 0 Å². The van der Waals surface area contributed by atoms with Gasteiger partial charge in [-0.3, -0.25) is 4.79 Å². The molecule has 0 aliphatic rings. The molecule has 0 aromatic carbocycles. The summed E-state index contributed by atoms with van der Waals surface area (Å²) >= 11 is 0. The van der Waals surface area contributed by atoms with Crippen LogP contribution in [-0.4, -0.2) is 27.1 Å². The number of nitrogens with zero attached hydrogens (tertiary/aromatic N) is 2. The zero-order chi connectivity index (χ0) is 14.9. The molecule has 0 aliphatic heterocycles. The Balaban J connectivity index is 2.31. The van der Waals surface area contributed by atoms with E-state index in [-0.39, 0.29) is 17.0 Å². The lowest BCUT2D eigenvalue weighted by Crippen LogP contribution is -2.17. The number of carbonyl (C=O) groups is 2. The zero-order valence-electron chi connectivity index (χ0n) is 11.2. The van der Waals surface area contributed by atoms with Crippen molar-refractivity contribution in [3.8, 4) is 0 Å². The molecular weight excluding hydrogens is 262 g/mol. The number of aromatic carboxylic acids is 1. The Bertz CT molecular complexity index is 671. The largest absolute Gasteiger partial charge is 0.477 e. The van der Waals surface area contributed by atoms with Crippen LogP contribution in [0.5, 0.6) is 0 Å². The summed E-state index contributed by atoms with van der Waals surface area (Å²) in [6, 6.07) is 3.54. The molecule has 20 heavy (non-hydrogen) atoms.